The molecule has 100 valence electrons. The minimum Gasteiger partial charge on any atom is -0.444 e. The van der Waals surface area contributed by atoms with Crippen LogP contribution in [0.25, 0.3) is 11.3 Å². The molecule has 3 aromatic rings. The third-order valence-corrected chi connectivity index (χ3v) is 3.35. The molecule has 1 aromatic heterocycles. The summed E-state index contributed by atoms with van der Waals surface area (Å²) in [6, 6.07) is 16.6. The Bertz CT molecular complexity index is 672. The summed E-state index contributed by atoms with van der Waals surface area (Å²) in [4.78, 5) is 3.92. The van der Waals surface area contributed by atoms with Gasteiger partial charge in [0.05, 0.1) is 6.20 Å². The van der Waals surface area contributed by atoms with E-state index in [9.17, 15) is 0 Å². The lowest BCUT2D eigenvalue weighted by Crippen LogP contribution is -2.00. The number of hydrogen-bond donors (Lipinski definition) is 1. The van der Waals surface area contributed by atoms with Crippen molar-refractivity contribution in [1.29, 1.82) is 0 Å². The lowest BCUT2D eigenvalue weighted by molar-refractivity contribution is 0.572. The number of aryl methyl sites for hydroxylation is 1. The Kier molecular flexibility index (Phi) is 3.50. The minimum atomic E-state index is 0.787. The number of rotatable bonds is 4. The Morgan fingerprint density at radius 1 is 1.05 bits per heavy atom. The molecule has 0 aliphatic heterocycles. The Morgan fingerprint density at radius 2 is 1.85 bits per heavy atom. The number of benzene rings is 2. The summed E-state index contributed by atoms with van der Waals surface area (Å²) in [6.07, 6.45) is 3.16. The van der Waals surface area contributed by atoms with Crippen molar-refractivity contribution in [3.63, 3.8) is 0 Å². The van der Waals surface area contributed by atoms with E-state index < -0.39 is 0 Å². The summed E-state index contributed by atoms with van der Waals surface area (Å²) in [5.41, 5.74) is 4.74. The van der Waals surface area contributed by atoms with Gasteiger partial charge >= 0.3 is 0 Å². The highest BCUT2D eigenvalue weighted by Crippen LogP contribution is 2.21. The maximum absolute atomic E-state index is 5.27. The first kappa shape index (κ1) is 12.5. The summed E-state index contributed by atoms with van der Waals surface area (Å²) < 4.78 is 5.27. The van der Waals surface area contributed by atoms with Gasteiger partial charge in [0.2, 0.25) is 0 Å². The van der Waals surface area contributed by atoms with Crippen LogP contribution < -0.4 is 5.32 Å². The molecule has 0 amide bonds. The zero-order valence-corrected chi connectivity index (χ0v) is 11.3. The highest BCUT2D eigenvalue weighted by atomic mass is 16.3. The van der Waals surface area contributed by atoms with Crippen molar-refractivity contribution in [2.75, 3.05) is 5.32 Å². The van der Waals surface area contributed by atoms with E-state index in [2.05, 4.69) is 53.6 Å². The molecule has 3 rings (SSSR count). The van der Waals surface area contributed by atoms with Gasteiger partial charge in [-0.05, 0) is 42.3 Å². The van der Waals surface area contributed by atoms with E-state index >= 15 is 0 Å². The smallest absolute Gasteiger partial charge is 0.181 e. The van der Waals surface area contributed by atoms with E-state index in [1.165, 1.54) is 17.5 Å². The van der Waals surface area contributed by atoms with Crippen molar-refractivity contribution in [2.24, 2.45) is 0 Å². The number of oxazole rings is 1. The topological polar surface area (TPSA) is 38.1 Å². The van der Waals surface area contributed by atoms with Gasteiger partial charge in [0.1, 0.15) is 0 Å². The molecule has 0 unspecified atom stereocenters. The second kappa shape index (κ2) is 5.61. The normalized spacial score (nSPS) is 10.4. The molecular formula is C17H16N2O. The number of aromatic nitrogens is 1. The molecule has 0 aliphatic carbocycles. The van der Waals surface area contributed by atoms with Gasteiger partial charge in [0.15, 0.2) is 12.2 Å². The Hall–Kier alpha value is -2.55. The Labute approximate surface area is 118 Å². The molecule has 0 radical (unpaired) electrons. The van der Waals surface area contributed by atoms with Crippen LogP contribution in [0.2, 0.25) is 0 Å². The summed E-state index contributed by atoms with van der Waals surface area (Å²) in [5.74, 6) is 0.787. The van der Waals surface area contributed by atoms with Crippen LogP contribution in [-0.4, -0.2) is 4.98 Å². The lowest BCUT2D eigenvalue weighted by Gasteiger charge is -2.09. The SMILES string of the molecule is Cc1ccccc1CNc1ccc(-c2cnco2)cc1. The lowest BCUT2D eigenvalue weighted by atomic mass is 10.1. The van der Waals surface area contributed by atoms with Gasteiger partial charge in [-0.15, -0.1) is 0 Å². The maximum atomic E-state index is 5.27. The van der Waals surface area contributed by atoms with E-state index in [0.29, 0.717) is 0 Å². The third-order valence-electron chi connectivity index (χ3n) is 3.35. The predicted molar refractivity (Wildman–Crippen MR) is 80.4 cm³/mol. The molecular weight excluding hydrogens is 248 g/mol. The summed E-state index contributed by atoms with van der Waals surface area (Å²) in [7, 11) is 0. The first-order valence-electron chi connectivity index (χ1n) is 6.60. The monoisotopic (exact) mass is 264 g/mol. The molecule has 3 nitrogen and oxygen atoms in total. The average Bonchev–Trinajstić information content (AvgIpc) is 3.01. The molecule has 0 saturated heterocycles. The standard InChI is InChI=1S/C17H16N2O/c1-13-4-2-3-5-15(13)10-19-16-8-6-14(7-9-16)17-11-18-12-20-17/h2-9,11-12,19H,10H2,1H3. The van der Waals surface area contributed by atoms with Crippen LogP contribution in [0.3, 0.4) is 0 Å². The van der Waals surface area contributed by atoms with Crippen molar-refractivity contribution in [3.8, 4) is 11.3 Å². The van der Waals surface area contributed by atoms with Crippen LogP contribution in [0, 0.1) is 6.92 Å². The van der Waals surface area contributed by atoms with Gasteiger partial charge in [-0.1, -0.05) is 24.3 Å². The van der Waals surface area contributed by atoms with Crippen molar-refractivity contribution in [3.05, 3.63) is 72.2 Å². The molecule has 3 heteroatoms. The van der Waals surface area contributed by atoms with Gasteiger partial charge in [0.25, 0.3) is 0 Å². The third kappa shape index (κ3) is 2.72. The summed E-state index contributed by atoms with van der Waals surface area (Å²) >= 11 is 0. The van der Waals surface area contributed by atoms with Crippen LogP contribution in [0.4, 0.5) is 5.69 Å². The van der Waals surface area contributed by atoms with Gasteiger partial charge in [-0.3, -0.25) is 0 Å². The molecule has 0 aliphatic rings. The van der Waals surface area contributed by atoms with E-state index in [1.54, 1.807) is 6.20 Å². The molecule has 1 heterocycles. The Balaban J connectivity index is 1.68. The number of nitrogens with zero attached hydrogens (tertiary/aromatic N) is 1. The van der Waals surface area contributed by atoms with Crippen LogP contribution in [0.15, 0.2) is 65.5 Å². The van der Waals surface area contributed by atoms with E-state index in [1.807, 2.05) is 12.1 Å². The zero-order chi connectivity index (χ0) is 13.8. The second-order valence-electron chi connectivity index (χ2n) is 4.72. The number of anilines is 1. The van der Waals surface area contributed by atoms with Gasteiger partial charge in [-0.2, -0.15) is 0 Å². The van der Waals surface area contributed by atoms with Crippen molar-refractivity contribution in [2.45, 2.75) is 13.5 Å². The minimum absolute atomic E-state index is 0.787. The molecule has 0 atom stereocenters. The zero-order valence-electron chi connectivity index (χ0n) is 11.3. The van der Waals surface area contributed by atoms with E-state index in [4.69, 9.17) is 4.42 Å². The van der Waals surface area contributed by atoms with Gasteiger partial charge in [-0.25, -0.2) is 4.98 Å². The van der Waals surface area contributed by atoms with Crippen LogP contribution in [0.5, 0.6) is 0 Å². The van der Waals surface area contributed by atoms with Crippen LogP contribution >= 0.6 is 0 Å². The summed E-state index contributed by atoms with van der Waals surface area (Å²) in [5, 5.41) is 3.43. The highest BCUT2D eigenvalue weighted by Gasteiger charge is 2.01. The maximum Gasteiger partial charge on any atom is 0.181 e. The number of nitrogens with one attached hydrogen (secondary N) is 1. The predicted octanol–water partition coefficient (Wildman–Crippen LogP) is 4.26. The molecule has 2 aromatic carbocycles. The van der Waals surface area contributed by atoms with Crippen LogP contribution in [0.1, 0.15) is 11.1 Å². The van der Waals surface area contributed by atoms with Gasteiger partial charge < -0.3 is 9.73 Å². The molecule has 20 heavy (non-hydrogen) atoms. The van der Waals surface area contributed by atoms with E-state index in [0.717, 1.165) is 23.6 Å². The summed E-state index contributed by atoms with van der Waals surface area (Å²) in [6.45, 7) is 2.96. The molecule has 1 N–H and O–H groups in total. The van der Waals surface area contributed by atoms with Crippen molar-refractivity contribution < 1.29 is 4.42 Å². The van der Waals surface area contributed by atoms with Crippen molar-refractivity contribution in [1.82, 2.24) is 4.98 Å². The first-order chi connectivity index (χ1) is 9.83. The largest absolute Gasteiger partial charge is 0.444 e. The van der Waals surface area contributed by atoms with E-state index in [-0.39, 0.29) is 0 Å². The molecule has 0 bridgehead atoms. The second-order valence-corrected chi connectivity index (χ2v) is 4.72. The fraction of sp³-hybridized carbons (Fsp3) is 0.118. The fourth-order valence-electron chi connectivity index (χ4n) is 2.12. The molecule has 0 fully saturated rings. The average molecular weight is 264 g/mol. The first-order valence-corrected chi connectivity index (χ1v) is 6.60. The molecule has 0 spiro atoms. The van der Waals surface area contributed by atoms with Crippen LogP contribution in [-0.2, 0) is 6.54 Å². The fourth-order valence-corrected chi connectivity index (χ4v) is 2.12. The van der Waals surface area contributed by atoms with Crippen molar-refractivity contribution >= 4 is 5.69 Å². The Morgan fingerprint density at radius 3 is 2.55 bits per heavy atom. The molecule has 0 saturated carbocycles. The number of hydrogen-bond acceptors (Lipinski definition) is 3. The highest BCUT2D eigenvalue weighted by molar-refractivity contribution is 5.60. The quantitative estimate of drug-likeness (QED) is 0.765. The van der Waals surface area contributed by atoms with Gasteiger partial charge in [0, 0.05) is 17.8 Å².